The third-order valence-electron chi connectivity index (χ3n) is 13.9. The van der Waals surface area contributed by atoms with E-state index in [0.29, 0.717) is 19.4 Å². The minimum absolute atomic E-state index is 0.0472. The number of aliphatic hydroxyl groups excluding tert-OH is 5. The highest BCUT2D eigenvalue weighted by molar-refractivity contribution is 5.76. The van der Waals surface area contributed by atoms with Crippen LogP contribution in [-0.2, 0) is 23.8 Å². The van der Waals surface area contributed by atoms with Crippen LogP contribution in [0.2, 0.25) is 0 Å². The summed E-state index contributed by atoms with van der Waals surface area (Å²) in [6.07, 6.45) is 56.6. The first-order valence-corrected chi connectivity index (χ1v) is 30.0. The van der Waals surface area contributed by atoms with Crippen LogP contribution in [0.25, 0.3) is 0 Å². The molecule has 0 spiro atoms. The number of amides is 1. The molecule has 11 heteroatoms. The Hall–Kier alpha value is -2.64. The van der Waals surface area contributed by atoms with Gasteiger partial charge >= 0.3 is 5.97 Å². The highest BCUT2D eigenvalue weighted by Crippen LogP contribution is 2.23. The van der Waals surface area contributed by atoms with Crippen molar-refractivity contribution in [3.63, 3.8) is 0 Å². The largest absolute Gasteiger partial charge is 0.465 e. The summed E-state index contributed by atoms with van der Waals surface area (Å²) in [6.45, 7) is 3.97. The SMILES string of the molecule is C/C=C/CC/C=C/CC/C=C/C(O)C(COC1OC(CO)C(O)C(O)C1O)NC(=O)CCCCCCCCCCCCCCCC/C=C\C/C=C\CCOC(=O)CCCCCCCCCCCCCCCCC. The summed E-state index contributed by atoms with van der Waals surface area (Å²) in [4.78, 5) is 25.0. The van der Waals surface area contributed by atoms with Crippen LogP contribution in [0.4, 0.5) is 0 Å². The molecule has 0 radical (unpaired) electrons. The first-order valence-electron chi connectivity index (χ1n) is 30.0. The van der Waals surface area contributed by atoms with Crippen LogP contribution in [0.1, 0.15) is 258 Å². The van der Waals surface area contributed by atoms with Gasteiger partial charge in [0, 0.05) is 12.8 Å². The van der Waals surface area contributed by atoms with E-state index in [0.717, 1.165) is 83.5 Å². The quantitative estimate of drug-likeness (QED) is 0.0195. The van der Waals surface area contributed by atoms with Gasteiger partial charge in [-0.05, 0) is 71.1 Å². The second kappa shape index (κ2) is 51.5. The number of unbranched alkanes of at least 4 members (excludes halogenated alkanes) is 30. The Kier molecular flexibility index (Phi) is 48.2. The van der Waals surface area contributed by atoms with E-state index in [1.165, 1.54) is 148 Å². The number of hydrogen-bond donors (Lipinski definition) is 6. The highest BCUT2D eigenvalue weighted by atomic mass is 16.7. The zero-order chi connectivity index (χ0) is 53.1. The summed E-state index contributed by atoms with van der Waals surface area (Å²) in [5, 5.41) is 54.1. The van der Waals surface area contributed by atoms with E-state index >= 15 is 0 Å². The van der Waals surface area contributed by atoms with Gasteiger partial charge in [-0.25, -0.2) is 0 Å². The molecule has 11 nitrogen and oxygen atoms in total. The lowest BCUT2D eigenvalue weighted by molar-refractivity contribution is -0.302. The maximum atomic E-state index is 13.0. The van der Waals surface area contributed by atoms with Crippen molar-refractivity contribution < 1.29 is 49.3 Å². The van der Waals surface area contributed by atoms with Crippen LogP contribution in [0.3, 0.4) is 0 Å². The normalized spacial score (nSPS) is 19.4. The van der Waals surface area contributed by atoms with Crippen LogP contribution in [0.5, 0.6) is 0 Å². The van der Waals surface area contributed by atoms with Crippen LogP contribution in [-0.4, -0.2) is 100 Å². The van der Waals surface area contributed by atoms with Gasteiger partial charge in [0.15, 0.2) is 6.29 Å². The van der Waals surface area contributed by atoms with Gasteiger partial charge in [0.1, 0.15) is 24.4 Å². The minimum Gasteiger partial charge on any atom is -0.465 e. The lowest BCUT2D eigenvalue weighted by Crippen LogP contribution is -2.60. The lowest BCUT2D eigenvalue weighted by Gasteiger charge is -2.40. The monoisotopic (exact) mass is 1030 g/mol. The molecule has 0 aromatic rings. The first-order chi connectivity index (χ1) is 35.7. The number of carbonyl (C=O) groups is 2. The van der Waals surface area contributed by atoms with Crippen molar-refractivity contribution in [2.24, 2.45) is 0 Å². The molecular weight excluding hydrogens is 919 g/mol. The molecule has 1 heterocycles. The third kappa shape index (κ3) is 41.2. The van der Waals surface area contributed by atoms with Gasteiger partial charge in [0.25, 0.3) is 0 Å². The van der Waals surface area contributed by atoms with Crippen LogP contribution < -0.4 is 5.32 Å². The maximum Gasteiger partial charge on any atom is 0.305 e. The number of carbonyl (C=O) groups excluding carboxylic acids is 2. The molecule has 6 N–H and O–H groups in total. The molecule has 424 valence electrons. The summed E-state index contributed by atoms with van der Waals surface area (Å²) in [5.41, 5.74) is 0. The molecule has 1 amide bonds. The van der Waals surface area contributed by atoms with Crippen molar-refractivity contribution in [1.29, 1.82) is 0 Å². The molecule has 0 bridgehead atoms. The summed E-state index contributed by atoms with van der Waals surface area (Å²) in [5.74, 6) is -0.252. The Morgan fingerprint density at radius 2 is 0.986 bits per heavy atom. The van der Waals surface area contributed by atoms with Gasteiger partial charge in [-0.15, -0.1) is 0 Å². The average molecular weight is 1030 g/mol. The maximum absolute atomic E-state index is 13.0. The molecule has 7 unspecified atom stereocenters. The van der Waals surface area contributed by atoms with E-state index in [1.54, 1.807) is 6.08 Å². The Labute approximate surface area is 446 Å². The number of hydrogen-bond acceptors (Lipinski definition) is 10. The van der Waals surface area contributed by atoms with Crippen LogP contribution in [0.15, 0.2) is 60.8 Å². The van der Waals surface area contributed by atoms with Gasteiger partial charge in [-0.2, -0.15) is 0 Å². The fourth-order valence-corrected chi connectivity index (χ4v) is 9.19. The summed E-state index contributed by atoms with van der Waals surface area (Å²) < 4.78 is 16.6. The molecule has 1 aliphatic rings. The molecule has 1 fully saturated rings. The zero-order valence-corrected chi connectivity index (χ0v) is 46.6. The molecule has 0 aliphatic carbocycles. The fourth-order valence-electron chi connectivity index (χ4n) is 9.19. The van der Waals surface area contributed by atoms with Crippen molar-refractivity contribution in [2.75, 3.05) is 19.8 Å². The fraction of sp³-hybridized carbons (Fsp3) is 0.806. The Bertz CT molecular complexity index is 1400. The average Bonchev–Trinajstić information content (AvgIpc) is 3.39. The topological polar surface area (TPSA) is 175 Å². The van der Waals surface area contributed by atoms with Gasteiger partial charge in [0.2, 0.25) is 5.91 Å². The summed E-state index contributed by atoms with van der Waals surface area (Å²) in [7, 11) is 0. The first kappa shape index (κ1) is 68.4. The number of aliphatic hydroxyl groups is 5. The number of nitrogens with one attached hydrogen (secondary N) is 1. The van der Waals surface area contributed by atoms with Crippen LogP contribution in [0, 0.1) is 0 Å². The van der Waals surface area contributed by atoms with E-state index in [9.17, 15) is 35.1 Å². The van der Waals surface area contributed by atoms with E-state index in [1.807, 2.05) is 19.1 Å². The van der Waals surface area contributed by atoms with E-state index in [2.05, 4.69) is 54.8 Å². The Morgan fingerprint density at radius 3 is 1.51 bits per heavy atom. The molecular formula is C62H111NO10. The van der Waals surface area contributed by atoms with Crippen molar-refractivity contribution in [3.8, 4) is 0 Å². The highest BCUT2D eigenvalue weighted by Gasteiger charge is 2.44. The number of rotatable bonds is 51. The standard InChI is InChI=1S/C62H111NO10/c1-3-5-7-9-11-13-14-15-23-27-30-34-38-42-46-50-58(67)71-51-47-43-39-35-31-28-25-22-20-18-16-17-19-21-24-26-29-33-37-41-45-49-57(66)63-54(55(65)48-44-40-36-32-12-10-8-6-4-2)53-72-62-61(70)60(69)59(68)56(52-64)73-62/h4,6,12,28,31-32,39,43-44,48,54-56,59-62,64-65,68-70H,3,5,7-11,13-27,29-30,33-38,40-42,45-47,49-53H2,1-2H3,(H,63,66)/b6-4+,31-28-,32-12+,43-39-,48-44+. The summed E-state index contributed by atoms with van der Waals surface area (Å²) in [6, 6.07) is -0.838. The molecule has 1 rings (SSSR count). The lowest BCUT2D eigenvalue weighted by atomic mass is 9.99. The summed E-state index contributed by atoms with van der Waals surface area (Å²) >= 11 is 0. The van der Waals surface area contributed by atoms with E-state index in [4.69, 9.17) is 14.2 Å². The number of ether oxygens (including phenoxy) is 3. The number of allylic oxidation sites excluding steroid dienone is 8. The smallest absolute Gasteiger partial charge is 0.305 e. The van der Waals surface area contributed by atoms with Crippen molar-refractivity contribution in [1.82, 2.24) is 5.32 Å². The van der Waals surface area contributed by atoms with Crippen molar-refractivity contribution >= 4 is 11.9 Å². The van der Waals surface area contributed by atoms with Gasteiger partial charge in [-0.1, -0.05) is 235 Å². The van der Waals surface area contributed by atoms with E-state index < -0.39 is 49.5 Å². The molecule has 7 atom stereocenters. The Morgan fingerprint density at radius 1 is 0.534 bits per heavy atom. The Balaban J connectivity index is 2.03. The molecule has 1 aliphatic heterocycles. The molecule has 73 heavy (non-hydrogen) atoms. The van der Waals surface area contributed by atoms with Crippen molar-refractivity contribution in [2.45, 2.75) is 301 Å². The van der Waals surface area contributed by atoms with Gasteiger partial charge < -0.3 is 45.1 Å². The molecule has 1 saturated heterocycles. The zero-order valence-electron chi connectivity index (χ0n) is 46.6. The van der Waals surface area contributed by atoms with E-state index in [-0.39, 0.29) is 18.5 Å². The van der Waals surface area contributed by atoms with Gasteiger partial charge in [0.05, 0.1) is 32.0 Å². The molecule has 0 aromatic heterocycles. The van der Waals surface area contributed by atoms with Gasteiger partial charge in [-0.3, -0.25) is 9.59 Å². The second-order valence-corrected chi connectivity index (χ2v) is 20.7. The second-order valence-electron chi connectivity index (χ2n) is 20.7. The van der Waals surface area contributed by atoms with Crippen molar-refractivity contribution in [3.05, 3.63) is 60.8 Å². The minimum atomic E-state index is -1.58. The molecule has 0 aromatic carbocycles. The predicted octanol–water partition coefficient (Wildman–Crippen LogP) is 13.8. The molecule has 0 saturated carbocycles. The van der Waals surface area contributed by atoms with Crippen LogP contribution >= 0.6 is 0 Å². The number of esters is 1. The predicted molar refractivity (Wildman–Crippen MR) is 301 cm³/mol. The third-order valence-corrected chi connectivity index (χ3v) is 13.9.